The molecule has 1 saturated carbocycles. The molecule has 0 spiro atoms. The molecule has 1 heterocycles. The number of nitrogens with zero attached hydrogens (tertiary/aromatic N) is 1. The Morgan fingerprint density at radius 2 is 2.05 bits per heavy atom. The highest BCUT2D eigenvalue weighted by Crippen LogP contribution is 2.23. The summed E-state index contributed by atoms with van der Waals surface area (Å²) in [4.78, 5) is 12.7. The smallest absolute Gasteiger partial charge is 0.255 e. The van der Waals surface area contributed by atoms with Crippen LogP contribution in [0.1, 0.15) is 56.4 Å². The highest BCUT2D eigenvalue weighted by molar-refractivity contribution is 5.29. The van der Waals surface area contributed by atoms with Gasteiger partial charge in [-0.05, 0) is 56.1 Å². The third-order valence-corrected chi connectivity index (χ3v) is 4.38. The number of hydrogen-bond acceptors (Lipinski definition) is 2. The topological polar surface area (TPSA) is 34.0 Å². The first kappa shape index (κ1) is 13.9. The van der Waals surface area contributed by atoms with Crippen LogP contribution in [0.3, 0.4) is 0 Å². The maximum absolute atomic E-state index is 12.7. The maximum Gasteiger partial charge on any atom is 0.255 e. The number of nitrogens with one attached hydrogen (secondary N) is 1. The molecule has 3 heteroatoms. The van der Waals surface area contributed by atoms with Crippen molar-refractivity contribution in [2.45, 2.75) is 71.5 Å². The average molecular weight is 274 g/mol. The lowest BCUT2D eigenvalue weighted by molar-refractivity contribution is 0.475. The van der Waals surface area contributed by atoms with E-state index in [0.717, 1.165) is 31.5 Å². The second-order valence-corrected chi connectivity index (χ2v) is 6.81. The fraction of sp³-hybridized carbons (Fsp3) is 0.706. The Balaban J connectivity index is 1.94. The fourth-order valence-corrected chi connectivity index (χ4v) is 3.17. The largest absolute Gasteiger partial charge is 0.312 e. The molecular formula is C17H26N2O. The van der Waals surface area contributed by atoms with Crippen LogP contribution >= 0.6 is 0 Å². The molecule has 1 N–H and O–H groups in total. The van der Waals surface area contributed by atoms with Gasteiger partial charge in [0, 0.05) is 30.4 Å². The Kier molecular flexibility index (Phi) is 3.97. The lowest BCUT2D eigenvalue weighted by Gasteiger charge is -2.23. The SMILES string of the molecule is CC(C)Cn1c2c(cc(CNC3CC3)c1=O)CCCC2. The highest BCUT2D eigenvalue weighted by Gasteiger charge is 2.22. The first-order chi connectivity index (χ1) is 9.65. The highest BCUT2D eigenvalue weighted by atomic mass is 16.1. The van der Waals surface area contributed by atoms with Gasteiger partial charge in [0.1, 0.15) is 0 Å². The first-order valence-electron chi connectivity index (χ1n) is 8.13. The predicted octanol–water partition coefficient (Wildman–Crippen LogP) is 2.64. The van der Waals surface area contributed by atoms with E-state index in [-0.39, 0.29) is 5.56 Å². The summed E-state index contributed by atoms with van der Waals surface area (Å²) in [5.74, 6) is 0.519. The van der Waals surface area contributed by atoms with Gasteiger partial charge in [-0.3, -0.25) is 4.79 Å². The molecule has 0 amide bonds. The van der Waals surface area contributed by atoms with Gasteiger partial charge in [0.15, 0.2) is 0 Å². The molecule has 2 aliphatic carbocycles. The van der Waals surface area contributed by atoms with Crippen LogP contribution in [0.25, 0.3) is 0 Å². The summed E-state index contributed by atoms with van der Waals surface area (Å²) in [7, 11) is 0. The minimum absolute atomic E-state index is 0.243. The van der Waals surface area contributed by atoms with Gasteiger partial charge in [-0.25, -0.2) is 0 Å². The molecule has 1 aromatic rings. The number of hydrogen-bond donors (Lipinski definition) is 1. The average Bonchev–Trinajstić information content (AvgIpc) is 3.24. The fourth-order valence-electron chi connectivity index (χ4n) is 3.17. The summed E-state index contributed by atoms with van der Waals surface area (Å²) < 4.78 is 2.07. The third-order valence-electron chi connectivity index (χ3n) is 4.38. The Labute approximate surface area is 121 Å². The van der Waals surface area contributed by atoms with E-state index in [4.69, 9.17) is 0 Å². The predicted molar refractivity (Wildman–Crippen MR) is 82.0 cm³/mol. The van der Waals surface area contributed by atoms with Gasteiger partial charge < -0.3 is 9.88 Å². The number of fused-ring (bicyclic) bond motifs is 1. The van der Waals surface area contributed by atoms with Crippen LogP contribution in [0.4, 0.5) is 0 Å². The molecule has 0 unspecified atom stereocenters. The standard InChI is InChI=1S/C17H26N2O/c1-12(2)11-19-16-6-4-3-5-13(16)9-14(17(19)20)10-18-15-7-8-15/h9,12,15,18H,3-8,10-11H2,1-2H3. The van der Waals surface area contributed by atoms with E-state index in [9.17, 15) is 4.79 Å². The van der Waals surface area contributed by atoms with Crippen molar-refractivity contribution in [3.05, 3.63) is 33.2 Å². The van der Waals surface area contributed by atoms with E-state index in [2.05, 4.69) is 29.8 Å². The zero-order valence-electron chi connectivity index (χ0n) is 12.7. The van der Waals surface area contributed by atoms with Crippen LogP contribution in [-0.2, 0) is 25.9 Å². The molecule has 1 aromatic heterocycles. The number of rotatable bonds is 5. The number of aromatic nitrogens is 1. The van der Waals surface area contributed by atoms with Gasteiger partial charge in [0.05, 0.1) is 0 Å². The zero-order valence-corrected chi connectivity index (χ0v) is 12.7. The lowest BCUT2D eigenvalue weighted by Crippen LogP contribution is -2.33. The molecule has 2 aliphatic rings. The van der Waals surface area contributed by atoms with E-state index in [0.29, 0.717) is 12.0 Å². The van der Waals surface area contributed by atoms with Crippen LogP contribution < -0.4 is 10.9 Å². The van der Waals surface area contributed by atoms with E-state index < -0.39 is 0 Å². The summed E-state index contributed by atoms with van der Waals surface area (Å²) in [5.41, 5.74) is 3.94. The second kappa shape index (κ2) is 5.72. The number of pyridine rings is 1. The van der Waals surface area contributed by atoms with Gasteiger partial charge in [0.2, 0.25) is 0 Å². The normalized spacial score (nSPS) is 18.4. The Hall–Kier alpha value is -1.09. The molecular weight excluding hydrogens is 248 g/mol. The summed E-state index contributed by atoms with van der Waals surface area (Å²) in [5, 5.41) is 3.49. The van der Waals surface area contributed by atoms with Crippen LogP contribution in [-0.4, -0.2) is 10.6 Å². The van der Waals surface area contributed by atoms with Gasteiger partial charge in [-0.15, -0.1) is 0 Å². The van der Waals surface area contributed by atoms with Gasteiger partial charge in [-0.2, -0.15) is 0 Å². The van der Waals surface area contributed by atoms with Gasteiger partial charge in [0.25, 0.3) is 5.56 Å². The molecule has 0 radical (unpaired) electrons. The Bertz CT molecular complexity index is 541. The lowest BCUT2D eigenvalue weighted by atomic mass is 9.94. The van der Waals surface area contributed by atoms with Crippen molar-refractivity contribution < 1.29 is 0 Å². The maximum atomic E-state index is 12.7. The van der Waals surface area contributed by atoms with Crippen molar-refractivity contribution in [2.75, 3.05) is 0 Å². The Morgan fingerprint density at radius 1 is 1.30 bits per heavy atom. The molecule has 0 bridgehead atoms. The first-order valence-corrected chi connectivity index (χ1v) is 8.13. The minimum Gasteiger partial charge on any atom is -0.312 e. The quantitative estimate of drug-likeness (QED) is 0.895. The summed E-state index contributed by atoms with van der Waals surface area (Å²) in [6, 6.07) is 2.84. The van der Waals surface area contributed by atoms with Crippen LogP contribution in [0, 0.1) is 5.92 Å². The van der Waals surface area contributed by atoms with Crippen molar-refractivity contribution in [1.82, 2.24) is 9.88 Å². The second-order valence-electron chi connectivity index (χ2n) is 6.81. The van der Waals surface area contributed by atoms with Crippen LogP contribution in [0.15, 0.2) is 10.9 Å². The van der Waals surface area contributed by atoms with Crippen molar-refractivity contribution in [3.63, 3.8) is 0 Å². The molecule has 1 fully saturated rings. The van der Waals surface area contributed by atoms with Gasteiger partial charge in [-0.1, -0.05) is 13.8 Å². The van der Waals surface area contributed by atoms with Gasteiger partial charge >= 0.3 is 0 Å². The van der Waals surface area contributed by atoms with E-state index >= 15 is 0 Å². The molecule has 20 heavy (non-hydrogen) atoms. The van der Waals surface area contributed by atoms with Crippen molar-refractivity contribution in [2.24, 2.45) is 5.92 Å². The van der Waals surface area contributed by atoms with Crippen molar-refractivity contribution in [3.8, 4) is 0 Å². The van der Waals surface area contributed by atoms with E-state index in [1.165, 1.54) is 36.9 Å². The molecule has 0 aliphatic heterocycles. The third kappa shape index (κ3) is 2.98. The molecule has 0 atom stereocenters. The zero-order chi connectivity index (χ0) is 14.1. The van der Waals surface area contributed by atoms with E-state index in [1.54, 1.807) is 0 Å². The van der Waals surface area contributed by atoms with Crippen LogP contribution in [0.2, 0.25) is 0 Å². The molecule has 3 rings (SSSR count). The molecule has 110 valence electrons. The van der Waals surface area contributed by atoms with Crippen LogP contribution in [0.5, 0.6) is 0 Å². The molecule has 3 nitrogen and oxygen atoms in total. The molecule has 0 saturated heterocycles. The van der Waals surface area contributed by atoms with E-state index in [1.807, 2.05) is 0 Å². The minimum atomic E-state index is 0.243. The number of aryl methyl sites for hydroxylation is 1. The van der Waals surface area contributed by atoms with Crippen molar-refractivity contribution >= 4 is 0 Å². The summed E-state index contributed by atoms with van der Waals surface area (Å²) in [6.45, 7) is 5.99. The van der Waals surface area contributed by atoms with Crippen molar-refractivity contribution in [1.29, 1.82) is 0 Å². The molecule has 0 aromatic carbocycles. The summed E-state index contributed by atoms with van der Waals surface area (Å²) >= 11 is 0. The summed E-state index contributed by atoms with van der Waals surface area (Å²) in [6.07, 6.45) is 7.25. The Morgan fingerprint density at radius 3 is 2.75 bits per heavy atom. The monoisotopic (exact) mass is 274 g/mol.